The lowest BCUT2D eigenvalue weighted by atomic mass is 9.74. The van der Waals surface area contributed by atoms with Crippen LogP contribution < -0.4 is 10.2 Å². The largest absolute Gasteiger partial charge is 0.455 e. The number of allylic oxidation sites excluding steroid dienone is 1. The summed E-state index contributed by atoms with van der Waals surface area (Å²) in [5, 5.41) is 15.6. The number of benzene rings is 3. The number of carbonyl (C=O) groups is 4. The van der Waals surface area contributed by atoms with Crippen molar-refractivity contribution in [2.75, 3.05) is 24.6 Å². The van der Waals surface area contributed by atoms with Crippen LogP contribution in [0, 0.1) is 17.8 Å². The summed E-state index contributed by atoms with van der Waals surface area (Å²) >= 11 is 0. The highest BCUT2D eigenvalue weighted by atomic mass is 16.6. The van der Waals surface area contributed by atoms with Crippen molar-refractivity contribution in [1.29, 1.82) is 0 Å². The normalized spacial score (nSPS) is 29.7. The molecule has 50 heavy (non-hydrogen) atoms. The Morgan fingerprint density at radius 3 is 2.46 bits per heavy atom. The number of aliphatic hydroxyl groups is 1. The van der Waals surface area contributed by atoms with Crippen LogP contribution >= 0.6 is 0 Å². The van der Waals surface area contributed by atoms with E-state index in [1.165, 1.54) is 4.90 Å². The van der Waals surface area contributed by atoms with E-state index in [1.807, 2.05) is 98.8 Å². The summed E-state index contributed by atoms with van der Waals surface area (Å²) in [7, 11) is 0. The second-order valence-electron chi connectivity index (χ2n) is 14.0. The smallest absolute Gasteiger partial charge is 0.313 e. The highest BCUT2D eigenvalue weighted by molar-refractivity contribution is 6.06. The molecule has 2 fully saturated rings. The maximum atomic E-state index is 15.2. The van der Waals surface area contributed by atoms with E-state index in [-0.39, 0.29) is 43.8 Å². The van der Waals surface area contributed by atoms with Crippen molar-refractivity contribution in [2.24, 2.45) is 17.8 Å². The van der Waals surface area contributed by atoms with E-state index in [2.05, 4.69) is 5.32 Å². The summed E-state index contributed by atoms with van der Waals surface area (Å²) in [4.78, 5) is 60.2. The second kappa shape index (κ2) is 13.8. The summed E-state index contributed by atoms with van der Waals surface area (Å²) in [6.45, 7) is 3.87. The summed E-state index contributed by atoms with van der Waals surface area (Å²) in [6, 6.07) is 21.0. The van der Waals surface area contributed by atoms with Gasteiger partial charge >= 0.3 is 5.97 Å². The van der Waals surface area contributed by atoms with Gasteiger partial charge in [0.25, 0.3) is 5.91 Å². The lowest BCUT2D eigenvalue weighted by Crippen LogP contribution is -2.59. The second-order valence-corrected chi connectivity index (χ2v) is 14.0. The van der Waals surface area contributed by atoms with Crippen molar-refractivity contribution in [2.45, 2.75) is 63.0 Å². The van der Waals surface area contributed by atoms with Gasteiger partial charge in [-0.05, 0) is 47.2 Å². The van der Waals surface area contributed by atoms with Crippen LogP contribution in [0.4, 0.5) is 5.69 Å². The van der Waals surface area contributed by atoms with Gasteiger partial charge in [-0.15, -0.1) is 0 Å². The number of nitrogens with zero attached hydrogens (tertiary/aromatic N) is 2. The van der Waals surface area contributed by atoms with Crippen molar-refractivity contribution >= 4 is 40.2 Å². The highest BCUT2D eigenvalue weighted by Crippen LogP contribution is 2.56. The number of rotatable bonds is 6. The first-order valence-electron chi connectivity index (χ1n) is 17.5. The maximum absolute atomic E-state index is 15.2. The third-order valence-corrected chi connectivity index (χ3v) is 10.4. The van der Waals surface area contributed by atoms with Gasteiger partial charge in [-0.25, -0.2) is 0 Å². The van der Waals surface area contributed by atoms with E-state index in [4.69, 9.17) is 9.47 Å². The van der Waals surface area contributed by atoms with Crippen molar-refractivity contribution in [3.63, 3.8) is 0 Å². The Labute approximate surface area is 291 Å². The van der Waals surface area contributed by atoms with Crippen LogP contribution in [0.5, 0.6) is 0 Å². The number of likely N-dealkylation sites (tertiary alicyclic amines) is 1. The number of fused-ring (bicyclic) bond motifs is 3. The number of amides is 3. The van der Waals surface area contributed by atoms with E-state index < -0.39 is 53.6 Å². The average Bonchev–Trinajstić information content (AvgIpc) is 3.77. The van der Waals surface area contributed by atoms with Gasteiger partial charge in [0.1, 0.15) is 23.7 Å². The third-order valence-electron chi connectivity index (χ3n) is 10.4. The van der Waals surface area contributed by atoms with E-state index in [9.17, 15) is 19.5 Å². The van der Waals surface area contributed by atoms with Crippen molar-refractivity contribution in [1.82, 2.24) is 10.2 Å². The quantitative estimate of drug-likeness (QED) is 0.291. The average molecular weight is 678 g/mol. The topological polar surface area (TPSA) is 125 Å². The molecule has 4 aliphatic rings. The third kappa shape index (κ3) is 6.00. The molecule has 2 saturated heterocycles. The van der Waals surface area contributed by atoms with Gasteiger partial charge in [-0.1, -0.05) is 98.8 Å². The van der Waals surface area contributed by atoms with Crippen LogP contribution in [0.2, 0.25) is 0 Å². The molecular formula is C40H43N3O7. The Kier molecular flexibility index (Phi) is 9.32. The molecule has 10 nitrogen and oxygen atoms in total. The van der Waals surface area contributed by atoms with Crippen molar-refractivity contribution in [3.8, 4) is 0 Å². The molecule has 0 saturated carbocycles. The van der Waals surface area contributed by atoms with E-state index in [0.717, 1.165) is 10.8 Å². The fourth-order valence-corrected chi connectivity index (χ4v) is 8.11. The van der Waals surface area contributed by atoms with E-state index in [0.29, 0.717) is 24.1 Å². The predicted octanol–water partition coefficient (Wildman–Crippen LogP) is 4.48. The molecule has 3 aromatic rings. The van der Waals surface area contributed by atoms with Crippen LogP contribution in [0.3, 0.4) is 0 Å². The van der Waals surface area contributed by atoms with E-state index in [1.54, 1.807) is 17.1 Å². The molecule has 2 N–H and O–H groups in total. The Morgan fingerprint density at radius 1 is 0.940 bits per heavy atom. The van der Waals surface area contributed by atoms with E-state index >= 15 is 4.79 Å². The van der Waals surface area contributed by atoms with Crippen LogP contribution in [-0.4, -0.2) is 77.2 Å². The summed E-state index contributed by atoms with van der Waals surface area (Å²) < 4.78 is 12.8. The van der Waals surface area contributed by atoms with Gasteiger partial charge in [0.05, 0.1) is 31.2 Å². The minimum absolute atomic E-state index is 0.0556. The molecule has 0 radical (unpaired) electrons. The van der Waals surface area contributed by atoms with Gasteiger partial charge in [-0.2, -0.15) is 0 Å². The Hall–Kier alpha value is -4.80. The zero-order valence-corrected chi connectivity index (χ0v) is 28.3. The number of hydrogen-bond acceptors (Lipinski definition) is 7. The van der Waals surface area contributed by atoms with Gasteiger partial charge in [0.15, 0.2) is 0 Å². The molecule has 7 rings (SSSR count). The van der Waals surface area contributed by atoms with Crippen LogP contribution in [-0.2, 0) is 28.7 Å². The molecule has 5 bridgehead atoms. The number of cyclic esters (lactones) is 1. The number of hydrogen-bond donors (Lipinski definition) is 2. The molecule has 0 aliphatic carbocycles. The van der Waals surface area contributed by atoms with Crippen LogP contribution in [0.25, 0.3) is 10.8 Å². The maximum Gasteiger partial charge on any atom is 0.313 e. The molecule has 260 valence electrons. The highest BCUT2D eigenvalue weighted by Gasteiger charge is 2.74. The monoisotopic (exact) mass is 677 g/mol. The number of anilines is 1. The summed E-state index contributed by atoms with van der Waals surface area (Å²) in [5.74, 6) is -3.61. The summed E-state index contributed by atoms with van der Waals surface area (Å²) in [5.41, 5.74) is -0.122. The zero-order valence-electron chi connectivity index (χ0n) is 28.3. The fourth-order valence-electron chi connectivity index (χ4n) is 8.11. The Morgan fingerprint density at radius 2 is 1.70 bits per heavy atom. The van der Waals surface area contributed by atoms with Crippen molar-refractivity contribution in [3.05, 3.63) is 103 Å². The molecule has 10 heteroatoms. The molecule has 3 amide bonds. The van der Waals surface area contributed by atoms with Crippen LogP contribution in [0.15, 0.2) is 97.1 Å². The van der Waals surface area contributed by atoms with Crippen molar-refractivity contribution < 1.29 is 33.8 Å². The fraction of sp³-hybridized carbons (Fsp3) is 0.400. The molecule has 4 heterocycles. The van der Waals surface area contributed by atoms with Gasteiger partial charge in [0.2, 0.25) is 11.8 Å². The predicted molar refractivity (Wildman–Crippen MR) is 188 cm³/mol. The van der Waals surface area contributed by atoms with Gasteiger partial charge < -0.3 is 29.7 Å². The zero-order chi connectivity index (χ0) is 35.0. The first kappa shape index (κ1) is 33.7. The Bertz CT molecular complexity index is 1840. The molecule has 0 unspecified atom stereocenters. The van der Waals surface area contributed by atoms with Crippen LogP contribution in [0.1, 0.15) is 44.8 Å². The van der Waals surface area contributed by atoms with Gasteiger partial charge in [-0.3, -0.25) is 19.2 Å². The number of carbonyl (C=O) groups excluding carboxylic acids is 4. The molecule has 7 atom stereocenters. The lowest BCUT2D eigenvalue weighted by Gasteiger charge is -2.39. The minimum Gasteiger partial charge on any atom is -0.455 e. The SMILES string of the molecule is CC(C)C[C@H](CO)N1C(=O)[C@H]2[C@@H]3C(=O)O[C@H](c4ccccc4)CNC(=O)CC/C=C\CN(c4ccc5ccccc5c4)C(=O)[C@H]1[C@@]21C=C[C@@H]3O1. The number of nitrogens with one attached hydrogen (secondary N) is 1. The molecule has 0 aromatic heterocycles. The number of esters is 1. The minimum atomic E-state index is -1.45. The lowest BCUT2D eigenvalue weighted by molar-refractivity contribution is -0.160. The summed E-state index contributed by atoms with van der Waals surface area (Å²) in [6.07, 6.45) is 6.75. The molecule has 3 aromatic carbocycles. The number of ether oxygens (including phenoxy) is 2. The van der Waals surface area contributed by atoms with Gasteiger partial charge in [0, 0.05) is 18.7 Å². The molecule has 4 aliphatic heterocycles. The first-order valence-corrected chi connectivity index (χ1v) is 17.5. The standard InChI is InChI=1S/C40H43N3O7/c1-25(2)21-30(24-44)43-36-38(47)42(29-17-16-26-11-8-9-14-28(26)22-29)20-10-4-7-15-33(45)41-23-32(27-12-5-3-6-13-27)49-39(48)34-31-18-19-40(36,50-31)35(34)37(43)46/h3-6,8-14,16-19,22,25,30-32,34-36,44H,7,15,20-21,23-24H2,1-2H3,(H,41,45)/b10-4-/t30-,31+,32+,34-,35-,36+,40-/m1/s1. The molecular weight excluding hydrogens is 634 g/mol. The Balaban J connectivity index is 1.34. The first-order chi connectivity index (χ1) is 24.2. The number of aliphatic hydroxyl groups excluding tert-OH is 1. The molecule has 1 spiro atoms.